The van der Waals surface area contributed by atoms with Crippen LogP contribution in [0.25, 0.3) is 10.2 Å². The summed E-state index contributed by atoms with van der Waals surface area (Å²) in [6, 6.07) is 20.2. The van der Waals surface area contributed by atoms with Crippen molar-refractivity contribution < 1.29 is 5.11 Å². The molecule has 0 aliphatic carbocycles. The normalized spacial score (nSPS) is 12.5. The van der Waals surface area contributed by atoms with Crippen LogP contribution in [0.15, 0.2) is 65.5 Å². The van der Waals surface area contributed by atoms with Crippen LogP contribution in [0.4, 0.5) is 0 Å². The van der Waals surface area contributed by atoms with E-state index in [0.29, 0.717) is 37.3 Å². The molecule has 4 aromatic rings. The van der Waals surface area contributed by atoms with Crippen LogP contribution in [0, 0.1) is 13.8 Å². The molecule has 4 rings (SSSR count). The molecule has 5 nitrogen and oxygen atoms in total. The number of hydrogen-bond acceptors (Lipinski definition) is 5. The van der Waals surface area contributed by atoms with Crippen LogP contribution in [0.2, 0.25) is 0 Å². The van der Waals surface area contributed by atoms with Gasteiger partial charge in [-0.25, -0.2) is 4.98 Å². The van der Waals surface area contributed by atoms with E-state index in [9.17, 15) is 9.90 Å². The van der Waals surface area contributed by atoms with Gasteiger partial charge < -0.3 is 10.1 Å². The summed E-state index contributed by atoms with van der Waals surface area (Å²) >= 11 is 1.55. The lowest BCUT2D eigenvalue weighted by Gasteiger charge is -2.25. The van der Waals surface area contributed by atoms with Gasteiger partial charge in [0, 0.05) is 18.0 Å². The van der Waals surface area contributed by atoms with Crippen molar-refractivity contribution >= 4 is 21.6 Å². The molecule has 31 heavy (non-hydrogen) atoms. The third-order valence-electron chi connectivity index (χ3n) is 5.49. The second-order valence-electron chi connectivity index (χ2n) is 7.97. The second-order valence-corrected chi connectivity index (χ2v) is 9.18. The number of H-pyrrole nitrogens is 1. The molecule has 2 heterocycles. The van der Waals surface area contributed by atoms with Gasteiger partial charge in [0.1, 0.15) is 10.7 Å². The minimum absolute atomic E-state index is 0.0913. The molecule has 0 aliphatic rings. The van der Waals surface area contributed by atoms with E-state index in [2.05, 4.69) is 22.0 Å². The van der Waals surface area contributed by atoms with Gasteiger partial charge in [-0.2, -0.15) is 0 Å². The van der Waals surface area contributed by atoms with E-state index in [1.165, 1.54) is 0 Å². The molecule has 0 bridgehead atoms. The Morgan fingerprint density at radius 2 is 1.65 bits per heavy atom. The molecule has 160 valence electrons. The summed E-state index contributed by atoms with van der Waals surface area (Å²) in [5, 5.41) is 11.4. The second kappa shape index (κ2) is 9.56. The first kappa shape index (κ1) is 21.4. The number of thiophene rings is 1. The first-order chi connectivity index (χ1) is 15.0. The van der Waals surface area contributed by atoms with E-state index < -0.39 is 6.10 Å². The van der Waals surface area contributed by atoms with Crippen LogP contribution in [0.3, 0.4) is 0 Å². The summed E-state index contributed by atoms with van der Waals surface area (Å²) in [7, 11) is 0. The third kappa shape index (κ3) is 5.28. The number of aryl methyl sites for hydroxylation is 2. The Morgan fingerprint density at radius 1 is 1.00 bits per heavy atom. The van der Waals surface area contributed by atoms with Crippen molar-refractivity contribution in [2.75, 3.05) is 6.54 Å². The lowest BCUT2D eigenvalue weighted by Crippen LogP contribution is -2.34. The number of nitrogens with zero attached hydrogens (tertiary/aromatic N) is 2. The first-order valence-corrected chi connectivity index (χ1v) is 11.3. The predicted octanol–water partition coefficient (Wildman–Crippen LogP) is 4.21. The van der Waals surface area contributed by atoms with Crippen LogP contribution in [-0.2, 0) is 19.5 Å². The van der Waals surface area contributed by atoms with Crippen molar-refractivity contribution in [2.45, 2.75) is 39.5 Å². The maximum absolute atomic E-state index is 12.7. The quantitative estimate of drug-likeness (QED) is 0.437. The van der Waals surface area contributed by atoms with Gasteiger partial charge in [-0.05, 0) is 37.0 Å². The lowest BCUT2D eigenvalue weighted by atomic mass is 10.1. The zero-order valence-corrected chi connectivity index (χ0v) is 18.7. The molecular weight excluding hydrogens is 406 g/mol. The average Bonchev–Trinajstić information content (AvgIpc) is 3.03. The van der Waals surface area contributed by atoms with E-state index in [1.54, 1.807) is 11.3 Å². The van der Waals surface area contributed by atoms with E-state index in [4.69, 9.17) is 4.98 Å². The van der Waals surface area contributed by atoms with E-state index in [1.807, 2.05) is 62.4 Å². The standard InChI is InChI=1S/C25H27N3O2S/c1-17-18(2)31-25-23(17)24(30)26-22(27-25)16-28(14-20-11-7-4-8-12-20)15-21(29)13-19-9-5-3-6-10-19/h3-12,21,29H,13-16H2,1-2H3,(H,26,27,30). The van der Waals surface area contributed by atoms with Crippen LogP contribution in [0.5, 0.6) is 0 Å². The summed E-state index contributed by atoms with van der Waals surface area (Å²) in [5.41, 5.74) is 3.17. The van der Waals surface area contributed by atoms with Crippen LogP contribution in [0.1, 0.15) is 27.4 Å². The number of fused-ring (bicyclic) bond motifs is 1. The summed E-state index contributed by atoms with van der Waals surface area (Å²) in [4.78, 5) is 24.4. The molecule has 0 amide bonds. The molecule has 2 N–H and O–H groups in total. The Hall–Kier alpha value is -2.80. The molecule has 0 spiro atoms. The molecule has 1 unspecified atom stereocenters. The Labute approximate surface area is 186 Å². The molecule has 0 fully saturated rings. The number of aromatic amines is 1. The van der Waals surface area contributed by atoms with Gasteiger partial charge in [0.25, 0.3) is 5.56 Å². The van der Waals surface area contributed by atoms with Gasteiger partial charge >= 0.3 is 0 Å². The third-order valence-corrected chi connectivity index (χ3v) is 6.59. The Bertz CT molecular complexity index is 1200. The monoisotopic (exact) mass is 433 g/mol. The first-order valence-electron chi connectivity index (χ1n) is 10.5. The van der Waals surface area contributed by atoms with Gasteiger partial charge in [-0.3, -0.25) is 9.69 Å². The minimum Gasteiger partial charge on any atom is -0.391 e. The number of benzene rings is 2. The maximum Gasteiger partial charge on any atom is 0.259 e. The highest BCUT2D eigenvalue weighted by molar-refractivity contribution is 7.18. The van der Waals surface area contributed by atoms with Crippen molar-refractivity contribution in [3.05, 3.63) is 98.4 Å². The number of hydrogen-bond donors (Lipinski definition) is 2. The summed E-state index contributed by atoms with van der Waals surface area (Å²) in [5.74, 6) is 0.626. The van der Waals surface area contributed by atoms with Gasteiger partial charge in [0.2, 0.25) is 0 Å². The molecular formula is C25H27N3O2S. The fourth-order valence-corrected chi connectivity index (χ4v) is 4.91. The largest absolute Gasteiger partial charge is 0.391 e. The van der Waals surface area contributed by atoms with Crippen LogP contribution < -0.4 is 5.56 Å². The molecule has 0 saturated heterocycles. The Balaban J connectivity index is 1.56. The fourth-order valence-electron chi connectivity index (χ4n) is 3.86. The van der Waals surface area contributed by atoms with Crippen molar-refractivity contribution in [1.82, 2.24) is 14.9 Å². The smallest absolute Gasteiger partial charge is 0.259 e. The highest BCUT2D eigenvalue weighted by atomic mass is 32.1. The lowest BCUT2D eigenvalue weighted by molar-refractivity contribution is 0.103. The number of rotatable bonds is 8. The molecule has 2 aromatic carbocycles. The molecule has 2 aromatic heterocycles. The number of aliphatic hydroxyl groups excluding tert-OH is 1. The highest BCUT2D eigenvalue weighted by Crippen LogP contribution is 2.26. The Kier molecular flexibility index (Phi) is 6.61. The van der Waals surface area contributed by atoms with E-state index in [-0.39, 0.29) is 5.56 Å². The molecule has 0 radical (unpaired) electrons. The van der Waals surface area contributed by atoms with Crippen molar-refractivity contribution in [3.8, 4) is 0 Å². The zero-order valence-electron chi connectivity index (χ0n) is 17.8. The van der Waals surface area contributed by atoms with Crippen LogP contribution in [-0.4, -0.2) is 32.6 Å². The van der Waals surface area contributed by atoms with Crippen molar-refractivity contribution in [1.29, 1.82) is 0 Å². The minimum atomic E-state index is -0.521. The predicted molar refractivity (Wildman–Crippen MR) is 126 cm³/mol. The van der Waals surface area contributed by atoms with Crippen molar-refractivity contribution in [3.63, 3.8) is 0 Å². The SMILES string of the molecule is Cc1sc2nc(CN(Cc3ccccc3)CC(O)Cc3ccccc3)[nH]c(=O)c2c1C. The van der Waals surface area contributed by atoms with Crippen molar-refractivity contribution in [2.24, 2.45) is 0 Å². The molecule has 0 saturated carbocycles. The maximum atomic E-state index is 12.7. The zero-order chi connectivity index (χ0) is 21.8. The number of nitrogens with one attached hydrogen (secondary N) is 1. The highest BCUT2D eigenvalue weighted by Gasteiger charge is 2.17. The van der Waals surface area contributed by atoms with Gasteiger partial charge in [0.15, 0.2) is 0 Å². The summed E-state index contributed by atoms with van der Waals surface area (Å²) < 4.78 is 0. The Morgan fingerprint density at radius 3 is 2.32 bits per heavy atom. The van der Waals surface area contributed by atoms with E-state index >= 15 is 0 Å². The van der Waals surface area contributed by atoms with Gasteiger partial charge in [-0.1, -0.05) is 60.7 Å². The van der Waals surface area contributed by atoms with E-state index in [0.717, 1.165) is 26.4 Å². The van der Waals surface area contributed by atoms with Gasteiger partial charge in [-0.15, -0.1) is 11.3 Å². The molecule has 6 heteroatoms. The summed E-state index contributed by atoms with van der Waals surface area (Å²) in [6.07, 6.45) is 0.0612. The molecule has 1 atom stereocenters. The molecule has 0 aliphatic heterocycles. The number of aliphatic hydroxyl groups is 1. The fraction of sp³-hybridized carbons (Fsp3) is 0.280. The van der Waals surface area contributed by atoms with Crippen LogP contribution >= 0.6 is 11.3 Å². The average molecular weight is 434 g/mol. The number of aromatic nitrogens is 2. The topological polar surface area (TPSA) is 69.2 Å². The summed E-state index contributed by atoms with van der Waals surface area (Å²) in [6.45, 7) is 5.59. The van der Waals surface area contributed by atoms with Gasteiger partial charge in [0.05, 0.1) is 18.0 Å².